The molecule has 5 aromatic rings. The molecule has 0 amide bonds. The third-order valence-electron chi connectivity index (χ3n) is 7.57. The summed E-state index contributed by atoms with van der Waals surface area (Å²) in [7, 11) is 0. The lowest BCUT2D eigenvalue weighted by molar-refractivity contribution is 0.364. The Morgan fingerprint density at radius 3 is 2.44 bits per heavy atom. The van der Waals surface area contributed by atoms with E-state index in [2.05, 4.69) is 98.0 Å². The van der Waals surface area contributed by atoms with Crippen molar-refractivity contribution in [2.24, 2.45) is 5.10 Å². The molecule has 0 saturated heterocycles. The largest absolute Gasteiger partial charge is 0.361 e. The summed E-state index contributed by atoms with van der Waals surface area (Å²) in [4.78, 5) is 5.01. The van der Waals surface area contributed by atoms with E-state index in [1.54, 1.807) is 0 Å². The minimum atomic E-state index is -0.0226. The van der Waals surface area contributed by atoms with E-state index in [9.17, 15) is 0 Å². The highest BCUT2D eigenvalue weighted by molar-refractivity contribution is 7.80. The molecule has 2 heterocycles. The Kier molecular flexibility index (Phi) is 7.82. The van der Waals surface area contributed by atoms with Gasteiger partial charge in [-0.3, -0.25) is 4.98 Å². The van der Waals surface area contributed by atoms with Crippen LogP contribution in [-0.4, -0.2) is 27.4 Å². The Bertz CT molecular complexity index is 1750. The van der Waals surface area contributed by atoms with Gasteiger partial charge >= 0.3 is 0 Å². The van der Waals surface area contributed by atoms with Crippen molar-refractivity contribution in [2.45, 2.75) is 32.7 Å². The molecule has 6 heteroatoms. The molecule has 0 spiro atoms. The van der Waals surface area contributed by atoms with Crippen molar-refractivity contribution in [1.82, 2.24) is 15.3 Å². The number of fused-ring (bicyclic) bond motifs is 1. The number of pyridine rings is 1. The smallest absolute Gasteiger partial charge is 0.190 e. The minimum absolute atomic E-state index is 0.0226. The zero-order chi connectivity index (χ0) is 28.3. The van der Waals surface area contributed by atoms with E-state index < -0.39 is 0 Å². The third kappa shape index (κ3) is 5.74. The number of aryl methyl sites for hydroxylation is 2. The van der Waals surface area contributed by atoms with Gasteiger partial charge in [-0.05, 0) is 67.4 Å². The van der Waals surface area contributed by atoms with Crippen LogP contribution in [0.4, 0.5) is 0 Å². The normalized spacial score (nSPS) is 14.8. The fraction of sp³-hybridized carbons (Fsp3) is 0.171. The van der Waals surface area contributed by atoms with Gasteiger partial charge in [0.25, 0.3) is 0 Å². The summed E-state index contributed by atoms with van der Waals surface area (Å²) in [5, 5.41) is 13.1. The summed E-state index contributed by atoms with van der Waals surface area (Å²) >= 11 is 12.3. The molecule has 0 fully saturated rings. The number of hydrogen-bond acceptors (Lipinski definition) is 3. The van der Waals surface area contributed by atoms with Crippen LogP contribution in [0.25, 0.3) is 22.0 Å². The first-order valence-corrected chi connectivity index (χ1v) is 14.7. The summed E-state index contributed by atoms with van der Waals surface area (Å²) in [6.07, 6.45) is 1.60. The Morgan fingerprint density at radius 2 is 1.66 bits per heavy atom. The molecule has 0 saturated carbocycles. The predicted molar refractivity (Wildman–Crippen MR) is 175 cm³/mol. The van der Waals surface area contributed by atoms with Gasteiger partial charge < -0.3 is 5.32 Å². The molecule has 1 atom stereocenters. The second-order valence-electron chi connectivity index (χ2n) is 10.5. The number of para-hydroxylation sites is 1. The molecule has 6 rings (SSSR count). The van der Waals surface area contributed by atoms with E-state index in [4.69, 9.17) is 33.9 Å². The van der Waals surface area contributed by atoms with Gasteiger partial charge in [0.1, 0.15) is 0 Å². The van der Waals surface area contributed by atoms with Crippen LogP contribution in [-0.2, 0) is 6.42 Å². The molecule has 1 N–H and O–H groups in total. The molecule has 4 nitrogen and oxygen atoms in total. The molecule has 0 aliphatic carbocycles. The number of aromatic nitrogens is 1. The highest BCUT2D eigenvalue weighted by atomic mass is 35.5. The van der Waals surface area contributed by atoms with E-state index in [0.717, 1.165) is 52.0 Å². The topological polar surface area (TPSA) is 40.5 Å². The lowest BCUT2D eigenvalue weighted by atomic mass is 9.89. The highest BCUT2D eigenvalue weighted by Crippen LogP contribution is 2.39. The molecule has 0 radical (unpaired) electrons. The van der Waals surface area contributed by atoms with Crippen LogP contribution in [0.1, 0.15) is 40.4 Å². The molecule has 1 aliphatic heterocycles. The van der Waals surface area contributed by atoms with Crippen LogP contribution in [0.15, 0.2) is 108 Å². The van der Waals surface area contributed by atoms with E-state index in [1.165, 1.54) is 16.7 Å². The molecule has 0 unspecified atom stereocenters. The van der Waals surface area contributed by atoms with Crippen LogP contribution < -0.4 is 5.32 Å². The van der Waals surface area contributed by atoms with Crippen molar-refractivity contribution in [3.8, 4) is 11.1 Å². The van der Waals surface area contributed by atoms with Gasteiger partial charge in [0.15, 0.2) is 5.11 Å². The average molecular weight is 575 g/mol. The summed E-state index contributed by atoms with van der Waals surface area (Å²) < 4.78 is 0. The molecule has 4 aromatic carbocycles. The van der Waals surface area contributed by atoms with E-state index in [0.29, 0.717) is 16.6 Å². The number of benzene rings is 4. The number of thiocarbonyl (C=S) groups is 1. The van der Waals surface area contributed by atoms with Crippen molar-refractivity contribution >= 4 is 45.5 Å². The second kappa shape index (κ2) is 11.8. The zero-order valence-electron chi connectivity index (χ0n) is 23.1. The molecule has 41 heavy (non-hydrogen) atoms. The van der Waals surface area contributed by atoms with E-state index >= 15 is 0 Å². The number of nitrogens with one attached hydrogen (secondary N) is 1. The maximum Gasteiger partial charge on any atom is 0.190 e. The van der Waals surface area contributed by atoms with Crippen LogP contribution in [0.3, 0.4) is 0 Å². The van der Waals surface area contributed by atoms with Gasteiger partial charge in [0.2, 0.25) is 0 Å². The number of rotatable bonds is 6. The predicted octanol–water partition coefficient (Wildman–Crippen LogP) is 8.44. The monoisotopic (exact) mass is 574 g/mol. The Balaban J connectivity index is 1.42. The van der Waals surface area contributed by atoms with Gasteiger partial charge in [0, 0.05) is 40.2 Å². The van der Waals surface area contributed by atoms with Gasteiger partial charge in [0.05, 0.1) is 17.3 Å². The fourth-order valence-electron chi connectivity index (χ4n) is 5.63. The van der Waals surface area contributed by atoms with Gasteiger partial charge in [-0.1, -0.05) is 102 Å². The Morgan fingerprint density at radius 1 is 0.902 bits per heavy atom. The highest BCUT2D eigenvalue weighted by Gasteiger charge is 2.33. The summed E-state index contributed by atoms with van der Waals surface area (Å²) in [6.45, 7) is 4.93. The molecular formula is C35H31ClN4S. The van der Waals surface area contributed by atoms with E-state index in [1.807, 2.05) is 29.3 Å². The van der Waals surface area contributed by atoms with Crippen molar-refractivity contribution in [3.63, 3.8) is 0 Å². The van der Waals surface area contributed by atoms with E-state index in [-0.39, 0.29) is 6.04 Å². The first-order chi connectivity index (χ1) is 20.0. The quantitative estimate of drug-likeness (QED) is 0.207. The van der Waals surface area contributed by atoms with Crippen molar-refractivity contribution in [1.29, 1.82) is 0 Å². The molecular weight excluding hydrogens is 544 g/mol. The number of hydrogen-bond donors (Lipinski definition) is 1. The van der Waals surface area contributed by atoms with Crippen LogP contribution in [0.5, 0.6) is 0 Å². The lowest BCUT2D eigenvalue weighted by Gasteiger charge is -2.25. The zero-order valence-corrected chi connectivity index (χ0v) is 24.7. The number of halogens is 1. The summed E-state index contributed by atoms with van der Waals surface area (Å²) in [5.41, 5.74) is 9.82. The van der Waals surface area contributed by atoms with Gasteiger partial charge in [-0.2, -0.15) is 5.10 Å². The van der Waals surface area contributed by atoms with Crippen LogP contribution in [0, 0.1) is 13.8 Å². The van der Waals surface area contributed by atoms with Gasteiger partial charge in [-0.15, -0.1) is 0 Å². The number of nitrogens with zero attached hydrogens (tertiary/aromatic N) is 3. The minimum Gasteiger partial charge on any atom is -0.361 e. The SMILES string of the molecule is Cc1cccc([C@@H]2CC(c3c(C)nc4ccccc4c3-c3ccc(Cl)cc3)=NN2C(=S)NCCc2ccccc2)c1. The molecule has 1 aromatic heterocycles. The molecule has 1 aliphatic rings. The first-order valence-electron chi connectivity index (χ1n) is 13.9. The average Bonchev–Trinajstić information content (AvgIpc) is 3.43. The third-order valence-corrected chi connectivity index (χ3v) is 8.16. The van der Waals surface area contributed by atoms with Crippen LogP contribution >= 0.6 is 23.8 Å². The van der Waals surface area contributed by atoms with Crippen molar-refractivity contribution in [2.75, 3.05) is 6.54 Å². The van der Waals surface area contributed by atoms with Crippen LogP contribution in [0.2, 0.25) is 5.02 Å². The van der Waals surface area contributed by atoms with Crippen molar-refractivity contribution < 1.29 is 0 Å². The fourth-order valence-corrected chi connectivity index (χ4v) is 6.03. The summed E-state index contributed by atoms with van der Waals surface area (Å²) in [6, 6.07) is 35.4. The first kappa shape index (κ1) is 27.1. The standard InChI is InChI=1S/C35H31ClN4S/c1-23-9-8-12-27(21-23)32-22-31(39-40(32)35(41)37-20-19-25-10-4-3-5-11-25)33-24(2)38-30-14-7-6-13-29(30)34(33)26-15-17-28(36)18-16-26/h3-18,21,32H,19-20,22H2,1-2H3,(H,37,41)/t32-/m0/s1. The maximum atomic E-state index is 6.29. The Hall–Kier alpha value is -4.06. The summed E-state index contributed by atoms with van der Waals surface area (Å²) in [5.74, 6) is 0. The maximum absolute atomic E-state index is 6.29. The van der Waals surface area contributed by atoms with Gasteiger partial charge in [-0.25, -0.2) is 5.01 Å². The number of hydrazone groups is 1. The second-order valence-corrected chi connectivity index (χ2v) is 11.3. The molecule has 204 valence electrons. The molecule has 0 bridgehead atoms. The lowest BCUT2D eigenvalue weighted by Crippen LogP contribution is -2.37. The Labute approximate surface area is 251 Å². The van der Waals surface area contributed by atoms with Crippen molar-refractivity contribution in [3.05, 3.63) is 136 Å².